The summed E-state index contributed by atoms with van der Waals surface area (Å²) in [5.41, 5.74) is 9.13. The first-order valence-electron chi connectivity index (χ1n) is 37.5. The number of likely N-dealkylation sites (tertiary alicyclic amines) is 1. The highest BCUT2D eigenvalue weighted by atomic mass is 19.1. The summed E-state index contributed by atoms with van der Waals surface area (Å²) in [6.45, 7) is 11.5. The number of Topliss-reactive ketones (excluding diaryl/α,β-unsaturated/α-hetero) is 2. The van der Waals surface area contributed by atoms with Crippen LogP contribution in [0.3, 0.4) is 0 Å². The Morgan fingerprint density at radius 3 is 1.86 bits per heavy atom. The summed E-state index contributed by atoms with van der Waals surface area (Å²) in [5.74, 6) is -0.0101. The van der Waals surface area contributed by atoms with Crippen LogP contribution in [0.4, 0.5) is 26.2 Å². The summed E-state index contributed by atoms with van der Waals surface area (Å²) >= 11 is 0. The van der Waals surface area contributed by atoms with E-state index in [4.69, 9.17) is 20.5 Å². The van der Waals surface area contributed by atoms with E-state index in [-0.39, 0.29) is 73.0 Å². The summed E-state index contributed by atoms with van der Waals surface area (Å²) in [6.07, 6.45) is 14.0. The van der Waals surface area contributed by atoms with Gasteiger partial charge in [0.2, 0.25) is 11.8 Å². The van der Waals surface area contributed by atoms with Gasteiger partial charge in [0.25, 0.3) is 23.6 Å². The molecule has 25 nitrogen and oxygen atoms in total. The lowest BCUT2D eigenvalue weighted by molar-refractivity contribution is -0.136. The highest BCUT2D eigenvalue weighted by Gasteiger charge is 2.46. The number of pyridine rings is 2. The Morgan fingerprint density at radius 1 is 0.569 bits per heavy atom. The van der Waals surface area contributed by atoms with Crippen molar-refractivity contribution in [1.82, 2.24) is 64.8 Å². The highest BCUT2D eigenvalue weighted by molar-refractivity contribution is 6.24. The summed E-state index contributed by atoms with van der Waals surface area (Å²) < 4.78 is 29.6. The number of aromatic nitrogens is 7. The van der Waals surface area contributed by atoms with Gasteiger partial charge in [0, 0.05) is 84.8 Å². The van der Waals surface area contributed by atoms with Gasteiger partial charge in [0.15, 0.2) is 11.4 Å². The molecule has 0 bridgehead atoms. The van der Waals surface area contributed by atoms with E-state index in [9.17, 15) is 47.1 Å². The number of nitrogens with one attached hydrogen (secondary N) is 4. The van der Waals surface area contributed by atoms with Crippen LogP contribution in [0.25, 0.3) is 34.5 Å². The number of benzene rings is 4. The summed E-state index contributed by atoms with van der Waals surface area (Å²) in [7, 11) is 0. The summed E-state index contributed by atoms with van der Waals surface area (Å²) in [4.78, 5) is 134. The highest BCUT2D eigenvalue weighted by Crippen LogP contribution is 2.38. The number of imidazole rings is 2. The molecular formula is C82H83F2N17O8. The SMILES string of the molecule is CCCc1ccc2c(c1)C(=O)N(C1CCC(=O)CC1=O)C2=O.N=C(/C=C\c1ncc(-c2cccc(N3CCNCC3)n2)[nH]1)N1CCC[C@@H]1c1cccc(F)c1.O=C1CCC(N2C(=O)c3ccc(CCN4CCN(c5cccc(-c6cnc7ccc(N8CCC[C@@H]8c8cccc(F)c8)nn67)n5)CC4)cc3C2=O)C(=O)N1. The van der Waals surface area contributed by atoms with E-state index in [1.165, 1.54) is 12.1 Å². The number of hydrogen-bond donors (Lipinski definition) is 4. The fourth-order valence-electron chi connectivity index (χ4n) is 15.9. The number of hydrogen-bond acceptors (Lipinski definition) is 19. The monoisotopic (exact) mass is 1470 g/mol. The molecule has 17 rings (SSSR count). The standard InChI is InChI=1S/C40H38FN9O4.C25H28FN7.C17H17NO4/c41-27-5-1-4-26(23-27)31-7-3-16-48(31)36-13-12-34-42-24-33(50(34)45-36)30-6-2-8-35(43-30)47-20-18-46(19-21-47)17-15-25-9-10-28-29(22-25)40(54)49(39(28)53)32-11-14-37(51)44-38(32)52;26-19-5-1-4-18(16-19)22-7-3-13-33(22)23(27)9-10-24-29-17-21(30-24)20-6-2-8-25(31-20)32-14-11-28-12-15-32;1-2-3-10-4-6-12-13(8-10)17(22)18(16(12)21)14-7-5-11(19)9-15(14)20/h1-2,4-6,8-10,12-13,22-24,31-32H,3,7,11,14-21H2,(H,44,51,52);1-2,4-6,8-10,16-17,22,27-28H,3,7,11-15H2,(H,29,30);4,6,8,14H,2-3,5,7,9H2,1H3/b;10-9-,27-23?;/t31-,32?;22-;/m11./s1. The molecule has 8 aliphatic rings. The first kappa shape index (κ1) is 72.7. The van der Waals surface area contributed by atoms with Gasteiger partial charge in [-0.25, -0.2) is 33.2 Å². The number of piperazine rings is 2. The topological polar surface area (TPSA) is 292 Å². The maximum atomic E-state index is 14.1. The average Bonchev–Trinajstić information content (AvgIpc) is 1.64. The van der Waals surface area contributed by atoms with Crippen LogP contribution >= 0.6 is 0 Å². The van der Waals surface area contributed by atoms with Crippen molar-refractivity contribution in [3.63, 3.8) is 0 Å². The third kappa shape index (κ3) is 15.5. The number of aromatic amines is 1. The van der Waals surface area contributed by atoms with Crippen molar-refractivity contribution in [1.29, 1.82) is 5.41 Å². The summed E-state index contributed by atoms with van der Waals surface area (Å²) in [6, 6.07) is 38.4. The second-order valence-electron chi connectivity index (χ2n) is 28.6. The molecule has 7 aliphatic heterocycles. The van der Waals surface area contributed by atoms with Crippen molar-refractivity contribution in [2.24, 2.45) is 0 Å². The van der Waals surface area contributed by atoms with Crippen LogP contribution in [0.2, 0.25) is 0 Å². The largest absolute Gasteiger partial charge is 0.354 e. The maximum Gasteiger partial charge on any atom is 0.262 e. The predicted octanol–water partition coefficient (Wildman–Crippen LogP) is 9.81. The van der Waals surface area contributed by atoms with E-state index in [1.54, 1.807) is 67.0 Å². The van der Waals surface area contributed by atoms with Crippen LogP contribution < -0.4 is 25.3 Å². The Hall–Kier alpha value is -11.8. The first-order chi connectivity index (χ1) is 53.0. The molecule has 0 spiro atoms. The molecule has 6 amide bonds. The van der Waals surface area contributed by atoms with Gasteiger partial charge in [-0.15, -0.1) is 5.10 Å². The number of carbonyl (C=O) groups excluding carboxylic acids is 8. The molecule has 4 aromatic carbocycles. The molecule has 5 aromatic heterocycles. The fraction of sp³-hybridized carbons (Fsp3) is 0.341. The van der Waals surface area contributed by atoms with Crippen LogP contribution in [0.1, 0.15) is 153 Å². The quantitative estimate of drug-likeness (QED) is 0.0303. The number of H-pyrrole nitrogens is 1. The van der Waals surface area contributed by atoms with Crippen molar-refractivity contribution in [3.8, 4) is 22.8 Å². The molecule has 1 saturated carbocycles. The van der Waals surface area contributed by atoms with Crippen LogP contribution in [0.5, 0.6) is 0 Å². The normalized spacial score (nSPS) is 20.3. The van der Waals surface area contributed by atoms with E-state index in [0.717, 1.165) is 188 Å². The Labute approximate surface area is 627 Å². The number of fused-ring (bicyclic) bond motifs is 3. The van der Waals surface area contributed by atoms with Crippen LogP contribution in [-0.4, -0.2) is 191 Å². The van der Waals surface area contributed by atoms with Gasteiger partial charge < -0.3 is 29.9 Å². The van der Waals surface area contributed by atoms with Crippen molar-refractivity contribution in [2.75, 3.05) is 86.7 Å². The Morgan fingerprint density at radius 2 is 1.18 bits per heavy atom. The molecule has 2 unspecified atom stereocenters. The number of rotatable bonds is 16. The van der Waals surface area contributed by atoms with Crippen molar-refractivity contribution < 1.29 is 47.1 Å². The minimum absolute atomic E-state index is 0.0296. The molecule has 6 fully saturated rings. The lowest BCUT2D eigenvalue weighted by Crippen LogP contribution is -2.54. The minimum atomic E-state index is -0.976. The van der Waals surface area contributed by atoms with Gasteiger partial charge in [-0.3, -0.25) is 63.8 Å². The Bertz CT molecular complexity index is 5080. The number of aryl methyl sites for hydroxylation is 1. The lowest BCUT2D eigenvalue weighted by atomic mass is 9.92. The number of imide groups is 3. The van der Waals surface area contributed by atoms with Crippen molar-refractivity contribution in [3.05, 3.63) is 214 Å². The van der Waals surface area contributed by atoms with Gasteiger partial charge >= 0.3 is 0 Å². The van der Waals surface area contributed by atoms with E-state index < -0.39 is 47.5 Å². The van der Waals surface area contributed by atoms with E-state index in [1.807, 2.05) is 95.2 Å². The molecule has 558 valence electrons. The van der Waals surface area contributed by atoms with Gasteiger partial charge in [0.05, 0.1) is 76.3 Å². The fourth-order valence-corrected chi connectivity index (χ4v) is 15.9. The molecule has 27 heteroatoms. The first-order valence-corrected chi connectivity index (χ1v) is 37.5. The maximum absolute atomic E-state index is 14.1. The van der Waals surface area contributed by atoms with E-state index in [2.05, 4.69) is 45.2 Å². The molecule has 1 aliphatic carbocycles. The Balaban J connectivity index is 0.000000145. The third-order valence-corrected chi connectivity index (χ3v) is 21.6. The second kappa shape index (κ2) is 31.9. The smallest absolute Gasteiger partial charge is 0.262 e. The molecule has 4 atom stereocenters. The average molecular weight is 1470 g/mol. The number of halogens is 2. The molecule has 4 N–H and O–H groups in total. The van der Waals surface area contributed by atoms with Crippen molar-refractivity contribution >= 4 is 82.0 Å². The van der Waals surface area contributed by atoms with E-state index in [0.29, 0.717) is 34.8 Å². The van der Waals surface area contributed by atoms with Gasteiger partial charge in [-0.2, -0.15) is 0 Å². The zero-order valence-corrected chi connectivity index (χ0v) is 60.4. The lowest BCUT2D eigenvalue weighted by Gasteiger charge is -2.35. The van der Waals surface area contributed by atoms with E-state index >= 15 is 0 Å². The third-order valence-electron chi connectivity index (χ3n) is 21.6. The number of amides is 6. The number of carbonyl (C=O) groups is 8. The molecule has 5 saturated heterocycles. The number of amidine groups is 1. The van der Waals surface area contributed by atoms with Gasteiger partial charge in [-0.1, -0.05) is 61.9 Å². The summed E-state index contributed by atoms with van der Waals surface area (Å²) in [5, 5.41) is 19.2. The minimum Gasteiger partial charge on any atom is -0.354 e. The number of piperidine rings is 1. The second-order valence-corrected chi connectivity index (χ2v) is 28.6. The number of anilines is 3. The number of nitrogens with zero attached hydrogens (tertiary/aromatic N) is 13. The van der Waals surface area contributed by atoms with Gasteiger partial charge in [-0.05, 0) is 171 Å². The molecule has 12 heterocycles. The zero-order valence-electron chi connectivity index (χ0n) is 60.4. The number of ketones is 2. The van der Waals surface area contributed by atoms with Crippen molar-refractivity contribution in [2.45, 2.75) is 108 Å². The molecule has 9 aromatic rings. The predicted molar refractivity (Wildman–Crippen MR) is 405 cm³/mol. The molecule has 0 radical (unpaired) electrons. The Kier molecular flexibility index (Phi) is 21.3. The van der Waals surface area contributed by atoms with Crippen LogP contribution in [0, 0.1) is 17.0 Å². The van der Waals surface area contributed by atoms with Crippen LogP contribution in [0.15, 0.2) is 152 Å². The zero-order chi connectivity index (χ0) is 75.4. The van der Waals surface area contributed by atoms with Gasteiger partial charge in [0.1, 0.15) is 58.3 Å². The van der Waals surface area contributed by atoms with Crippen LogP contribution in [-0.2, 0) is 32.0 Å². The molecule has 109 heavy (non-hydrogen) atoms. The molecular weight excluding hydrogens is 1390 g/mol.